The molecule has 2 N–H and O–H groups in total. The van der Waals surface area contributed by atoms with Crippen molar-refractivity contribution in [1.82, 2.24) is 14.9 Å². The smallest absolute Gasteiger partial charge is 0.123 e. The monoisotopic (exact) mass is 385 g/mol. The fourth-order valence-electron chi connectivity index (χ4n) is 3.30. The predicted molar refractivity (Wildman–Crippen MR) is 114 cm³/mol. The molecule has 1 aliphatic heterocycles. The minimum atomic E-state index is -0.0900. The number of imidazole rings is 1. The van der Waals surface area contributed by atoms with Crippen LogP contribution in [0.25, 0.3) is 6.08 Å². The van der Waals surface area contributed by atoms with Crippen LogP contribution >= 0.6 is 11.8 Å². The third-order valence-corrected chi connectivity index (χ3v) is 5.86. The molecule has 2 aromatic rings. The standard InChI is InChI=1S/C22H31N3OS/c1-21(2,3)16-11-15(12-17(20(16)26)22(4,5)6)27-10-9-25-8-7-18-19(13-25)24-14-23-18/h7-8,11-12,14,26H,9-10,13H2,1-6H3,(H,23,24). The molecule has 0 saturated heterocycles. The minimum absolute atomic E-state index is 0.0900. The second-order valence-electron chi connectivity index (χ2n) is 9.27. The lowest BCUT2D eigenvalue weighted by molar-refractivity contribution is 0.385. The molecule has 27 heavy (non-hydrogen) atoms. The molecule has 0 atom stereocenters. The summed E-state index contributed by atoms with van der Waals surface area (Å²) >= 11 is 1.85. The number of phenols is 1. The lowest BCUT2D eigenvalue weighted by Crippen LogP contribution is -2.22. The predicted octanol–water partition coefficient (Wildman–Crippen LogP) is 5.29. The number of aromatic amines is 1. The Balaban J connectivity index is 1.73. The summed E-state index contributed by atoms with van der Waals surface area (Å²) in [5.41, 5.74) is 4.09. The van der Waals surface area contributed by atoms with E-state index in [2.05, 4.69) is 80.8 Å². The Morgan fingerprint density at radius 3 is 2.33 bits per heavy atom. The molecular formula is C22H31N3OS. The van der Waals surface area contributed by atoms with Crippen LogP contribution in [0.1, 0.15) is 64.1 Å². The molecular weight excluding hydrogens is 354 g/mol. The molecule has 0 amide bonds. The Bertz CT molecular complexity index is 805. The van der Waals surface area contributed by atoms with E-state index in [1.807, 2.05) is 11.8 Å². The van der Waals surface area contributed by atoms with Crippen molar-refractivity contribution >= 4 is 17.8 Å². The van der Waals surface area contributed by atoms with E-state index >= 15 is 0 Å². The van der Waals surface area contributed by atoms with Gasteiger partial charge in [0.25, 0.3) is 0 Å². The average Bonchev–Trinajstić information content (AvgIpc) is 3.01. The maximum atomic E-state index is 10.9. The van der Waals surface area contributed by atoms with Gasteiger partial charge in [0.15, 0.2) is 0 Å². The van der Waals surface area contributed by atoms with E-state index in [1.54, 1.807) is 6.33 Å². The van der Waals surface area contributed by atoms with Crippen LogP contribution in [-0.4, -0.2) is 32.3 Å². The number of hydrogen-bond donors (Lipinski definition) is 2. The van der Waals surface area contributed by atoms with Crippen molar-refractivity contribution in [2.75, 3.05) is 12.3 Å². The van der Waals surface area contributed by atoms with E-state index in [1.165, 1.54) is 10.6 Å². The zero-order valence-electron chi connectivity index (χ0n) is 17.3. The highest BCUT2D eigenvalue weighted by Gasteiger charge is 2.26. The van der Waals surface area contributed by atoms with Crippen molar-refractivity contribution in [3.05, 3.63) is 47.2 Å². The van der Waals surface area contributed by atoms with E-state index in [-0.39, 0.29) is 10.8 Å². The molecule has 0 aliphatic carbocycles. The number of H-pyrrole nitrogens is 1. The van der Waals surface area contributed by atoms with Gasteiger partial charge in [-0.2, -0.15) is 0 Å². The number of hydrogen-bond acceptors (Lipinski definition) is 4. The third-order valence-electron chi connectivity index (χ3n) is 4.90. The number of fused-ring (bicyclic) bond motifs is 1. The van der Waals surface area contributed by atoms with Gasteiger partial charge in [-0.15, -0.1) is 11.8 Å². The molecule has 5 heteroatoms. The highest BCUT2D eigenvalue weighted by Crippen LogP contribution is 2.41. The number of nitrogens with zero attached hydrogens (tertiary/aromatic N) is 2. The Labute approximate surface area is 167 Å². The van der Waals surface area contributed by atoms with E-state index in [0.717, 1.165) is 35.7 Å². The van der Waals surface area contributed by atoms with Crippen molar-refractivity contribution in [3.63, 3.8) is 0 Å². The molecule has 0 radical (unpaired) electrons. The summed E-state index contributed by atoms with van der Waals surface area (Å²) in [4.78, 5) is 11.0. The topological polar surface area (TPSA) is 52.2 Å². The maximum Gasteiger partial charge on any atom is 0.123 e. The highest BCUT2D eigenvalue weighted by atomic mass is 32.2. The van der Waals surface area contributed by atoms with Crippen LogP contribution < -0.4 is 0 Å². The Morgan fingerprint density at radius 2 is 1.74 bits per heavy atom. The first-order valence-electron chi connectivity index (χ1n) is 9.51. The lowest BCUT2D eigenvalue weighted by atomic mass is 9.79. The molecule has 0 bridgehead atoms. The van der Waals surface area contributed by atoms with Gasteiger partial charge >= 0.3 is 0 Å². The van der Waals surface area contributed by atoms with Gasteiger partial charge in [-0.3, -0.25) is 0 Å². The molecule has 1 aromatic carbocycles. The number of nitrogens with one attached hydrogen (secondary N) is 1. The van der Waals surface area contributed by atoms with E-state index < -0.39 is 0 Å². The summed E-state index contributed by atoms with van der Waals surface area (Å²) in [6.07, 6.45) is 5.95. The first-order valence-corrected chi connectivity index (χ1v) is 10.5. The summed E-state index contributed by atoms with van der Waals surface area (Å²) < 4.78 is 0. The number of aromatic hydroxyl groups is 1. The molecule has 0 fully saturated rings. The lowest BCUT2D eigenvalue weighted by Gasteiger charge is -2.28. The van der Waals surface area contributed by atoms with Gasteiger partial charge < -0.3 is 15.0 Å². The van der Waals surface area contributed by atoms with Crippen molar-refractivity contribution < 1.29 is 5.11 Å². The number of benzene rings is 1. The molecule has 1 aromatic heterocycles. The molecule has 3 rings (SSSR count). The van der Waals surface area contributed by atoms with Gasteiger partial charge in [0.1, 0.15) is 5.75 Å². The van der Waals surface area contributed by atoms with Crippen LogP contribution in [0.15, 0.2) is 29.6 Å². The fourth-order valence-corrected chi connectivity index (χ4v) is 4.27. The van der Waals surface area contributed by atoms with Crippen LogP contribution in [0, 0.1) is 0 Å². The number of phenolic OH excluding ortho intramolecular Hbond substituents is 1. The first kappa shape index (κ1) is 19.9. The highest BCUT2D eigenvalue weighted by molar-refractivity contribution is 7.99. The van der Waals surface area contributed by atoms with Gasteiger partial charge in [-0.25, -0.2) is 4.98 Å². The fraction of sp³-hybridized carbons (Fsp3) is 0.500. The van der Waals surface area contributed by atoms with Crippen molar-refractivity contribution in [1.29, 1.82) is 0 Å². The van der Waals surface area contributed by atoms with Crippen LogP contribution in [0.5, 0.6) is 5.75 Å². The summed E-state index contributed by atoms with van der Waals surface area (Å²) in [6, 6.07) is 4.32. The second-order valence-corrected chi connectivity index (χ2v) is 10.4. The van der Waals surface area contributed by atoms with Crippen molar-refractivity contribution in [2.45, 2.75) is 63.8 Å². The van der Waals surface area contributed by atoms with Gasteiger partial charge in [-0.05, 0) is 29.0 Å². The van der Waals surface area contributed by atoms with Gasteiger partial charge in [0.2, 0.25) is 0 Å². The van der Waals surface area contributed by atoms with Crippen LogP contribution in [0.2, 0.25) is 0 Å². The first-order chi connectivity index (χ1) is 12.6. The van der Waals surface area contributed by atoms with Crippen LogP contribution in [0.4, 0.5) is 0 Å². The van der Waals surface area contributed by atoms with E-state index in [4.69, 9.17) is 0 Å². The Hall–Kier alpha value is -1.88. The SMILES string of the molecule is CC(C)(C)c1cc(SCCN2C=Cc3nc[nH]c3C2)cc(C(C)(C)C)c1O. The largest absolute Gasteiger partial charge is 0.507 e. The zero-order chi connectivity index (χ0) is 19.8. The normalized spacial score (nSPS) is 14.5. The third kappa shape index (κ3) is 4.52. The quantitative estimate of drug-likeness (QED) is 0.702. The average molecular weight is 386 g/mol. The Kier molecular flexibility index (Phi) is 5.35. The van der Waals surface area contributed by atoms with E-state index in [9.17, 15) is 5.11 Å². The summed E-state index contributed by atoms with van der Waals surface area (Å²) in [5.74, 6) is 1.44. The summed E-state index contributed by atoms with van der Waals surface area (Å²) in [6.45, 7) is 14.8. The summed E-state index contributed by atoms with van der Waals surface area (Å²) in [5, 5.41) is 10.9. The molecule has 0 spiro atoms. The molecule has 0 saturated carbocycles. The summed E-state index contributed by atoms with van der Waals surface area (Å²) in [7, 11) is 0. The van der Waals surface area contributed by atoms with Crippen LogP contribution in [-0.2, 0) is 17.4 Å². The number of thioether (sulfide) groups is 1. The minimum Gasteiger partial charge on any atom is -0.507 e. The molecule has 146 valence electrons. The Morgan fingerprint density at radius 1 is 1.11 bits per heavy atom. The second kappa shape index (κ2) is 7.27. The molecule has 0 unspecified atom stereocenters. The van der Waals surface area contributed by atoms with Gasteiger partial charge in [0, 0.05) is 34.5 Å². The molecule has 4 nitrogen and oxygen atoms in total. The van der Waals surface area contributed by atoms with E-state index in [0.29, 0.717) is 5.75 Å². The number of aromatic nitrogens is 2. The van der Waals surface area contributed by atoms with Crippen LogP contribution in [0.3, 0.4) is 0 Å². The van der Waals surface area contributed by atoms with Gasteiger partial charge in [-0.1, -0.05) is 41.5 Å². The maximum absolute atomic E-state index is 10.9. The molecule has 1 aliphatic rings. The zero-order valence-corrected chi connectivity index (χ0v) is 18.1. The van der Waals surface area contributed by atoms with Gasteiger partial charge in [0.05, 0.1) is 24.3 Å². The van der Waals surface area contributed by atoms with Crippen molar-refractivity contribution in [2.24, 2.45) is 0 Å². The van der Waals surface area contributed by atoms with Crippen molar-refractivity contribution in [3.8, 4) is 5.75 Å². The molecule has 2 heterocycles. The number of rotatable bonds is 4.